The molecule has 0 N–H and O–H groups in total. The highest BCUT2D eigenvalue weighted by Gasteiger charge is 2.09. The summed E-state index contributed by atoms with van der Waals surface area (Å²) in [5, 5.41) is 0. The lowest BCUT2D eigenvalue weighted by Gasteiger charge is -2.18. The van der Waals surface area contributed by atoms with Crippen LogP contribution in [-0.4, -0.2) is 38.3 Å². The van der Waals surface area contributed by atoms with Crippen molar-refractivity contribution in [1.29, 1.82) is 0 Å². The lowest BCUT2D eigenvalue weighted by molar-refractivity contribution is 0.0353. The van der Waals surface area contributed by atoms with E-state index in [2.05, 4.69) is 81.5 Å². The molecule has 1 atom stereocenters. The van der Waals surface area contributed by atoms with Gasteiger partial charge in [-0.25, -0.2) is 0 Å². The third-order valence-corrected chi connectivity index (χ3v) is 8.61. The molecule has 0 amide bonds. The molecular formula is C42H79NO. The van der Waals surface area contributed by atoms with Crippen LogP contribution in [0.3, 0.4) is 0 Å². The summed E-state index contributed by atoms with van der Waals surface area (Å²) in [4.78, 5) is 2.28. The molecule has 0 rings (SSSR count). The number of allylic oxidation sites excluding steroid dienone is 8. The zero-order valence-electron chi connectivity index (χ0n) is 30.6. The summed E-state index contributed by atoms with van der Waals surface area (Å²) in [6.07, 6.45) is 54.6. The first-order valence-electron chi connectivity index (χ1n) is 19.6. The van der Waals surface area contributed by atoms with Crippen LogP contribution in [0.15, 0.2) is 48.6 Å². The van der Waals surface area contributed by atoms with E-state index >= 15 is 0 Å². The maximum absolute atomic E-state index is 6.42. The van der Waals surface area contributed by atoms with Crippen molar-refractivity contribution in [3.63, 3.8) is 0 Å². The van der Waals surface area contributed by atoms with Gasteiger partial charge in [-0.15, -0.1) is 0 Å². The molecule has 0 aromatic carbocycles. The number of ether oxygens (including phenoxy) is 1. The molecule has 0 fully saturated rings. The summed E-state index contributed by atoms with van der Waals surface area (Å²) in [6.45, 7) is 6.66. The minimum absolute atomic E-state index is 0.486. The van der Waals surface area contributed by atoms with Crippen molar-refractivity contribution in [1.82, 2.24) is 4.90 Å². The fourth-order valence-corrected chi connectivity index (χ4v) is 5.67. The quantitative estimate of drug-likeness (QED) is 0.0521. The summed E-state index contributed by atoms with van der Waals surface area (Å²) in [5.41, 5.74) is 0. The third-order valence-electron chi connectivity index (χ3n) is 8.61. The Morgan fingerprint density at radius 2 is 0.795 bits per heavy atom. The first-order chi connectivity index (χ1) is 21.7. The summed E-state index contributed by atoms with van der Waals surface area (Å²) < 4.78 is 6.42. The van der Waals surface area contributed by atoms with Gasteiger partial charge >= 0.3 is 0 Å². The minimum atomic E-state index is 0.486. The second kappa shape index (κ2) is 38.1. The average molecular weight is 614 g/mol. The molecule has 2 nitrogen and oxygen atoms in total. The van der Waals surface area contributed by atoms with Crippen molar-refractivity contribution in [3.8, 4) is 0 Å². The molecule has 0 spiro atoms. The summed E-state index contributed by atoms with van der Waals surface area (Å²) >= 11 is 0. The fraction of sp³-hybridized carbons (Fsp3) is 0.810. The lowest BCUT2D eigenvalue weighted by Crippen LogP contribution is -2.16. The van der Waals surface area contributed by atoms with Gasteiger partial charge in [-0.05, 0) is 97.7 Å². The summed E-state index contributed by atoms with van der Waals surface area (Å²) in [6, 6.07) is 0. The molecule has 0 heterocycles. The van der Waals surface area contributed by atoms with Gasteiger partial charge < -0.3 is 9.64 Å². The predicted octanol–water partition coefficient (Wildman–Crippen LogP) is 13.7. The predicted molar refractivity (Wildman–Crippen MR) is 201 cm³/mol. The van der Waals surface area contributed by atoms with Crippen LogP contribution in [0.5, 0.6) is 0 Å². The molecule has 0 saturated heterocycles. The Hall–Kier alpha value is -1.12. The highest BCUT2D eigenvalue weighted by Crippen LogP contribution is 2.18. The van der Waals surface area contributed by atoms with Gasteiger partial charge in [0.15, 0.2) is 0 Å². The van der Waals surface area contributed by atoms with E-state index in [4.69, 9.17) is 4.74 Å². The van der Waals surface area contributed by atoms with Crippen LogP contribution < -0.4 is 0 Å². The van der Waals surface area contributed by atoms with E-state index in [1.165, 1.54) is 180 Å². The standard InChI is InChI=1S/C42H79NO/c1-5-7-9-11-13-15-17-19-21-23-25-27-29-31-33-35-39-42(44-41-37-36-40-43(3)4)38-34-32-30-28-26-24-22-20-18-16-14-12-10-8-6-2/h14-21,42H,5-13,22-41H2,1-4H3/b16-14+,17-15+,20-18+,21-19+. The van der Waals surface area contributed by atoms with E-state index in [9.17, 15) is 0 Å². The Morgan fingerprint density at radius 3 is 1.23 bits per heavy atom. The maximum atomic E-state index is 6.42. The highest BCUT2D eigenvalue weighted by atomic mass is 16.5. The number of unbranched alkanes of at least 4 members (excludes halogenated alkanes) is 20. The Morgan fingerprint density at radius 1 is 0.432 bits per heavy atom. The first kappa shape index (κ1) is 42.9. The van der Waals surface area contributed by atoms with Gasteiger partial charge in [0.1, 0.15) is 0 Å². The molecule has 0 aliphatic heterocycles. The molecule has 0 saturated carbocycles. The van der Waals surface area contributed by atoms with E-state index in [1.54, 1.807) is 0 Å². The van der Waals surface area contributed by atoms with Crippen LogP contribution in [0, 0.1) is 0 Å². The van der Waals surface area contributed by atoms with Crippen molar-refractivity contribution in [2.24, 2.45) is 0 Å². The normalized spacial score (nSPS) is 13.2. The molecule has 0 aromatic heterocycles. The lowest BCUT2D eigenvalue weighted by atomic mass is 10.0. The van der Waals surface area contributed by atoms with E-state index in [1.807, 2.05) is 0 Å². The van der Waals surface area contributed by atoms with E-state index in [-0.39, 0.29) is 0 Å². The van der Waals surface area contributed by atoms with Gasteiger partial charge in [0, 0.05) is 6.61 Å². The van der Waals surface area contributed by atoms with Gasteiger partial charge in [-0.1, -0.05) is 159 Å². The molecule has 2 heteroatoms. The molecular weight excluding hydrogens is 534 g/mol. The molecule has 0 radical (unpaired) electrons. The van der Waals surface area contributed by atoms with Crippen LogP contribution in [0.25, 0.3) is 0 Å². The number of hydrogen-bond acceptors (Lipinski definition) is 2. The molecule has 258 valence electrons. The van der Waals surface area contributed by atoms with Gasteiger partial charge in [-0.2, -0.15) is 0 Å². The second-order valence-electron chi connectivity index (χ2n) is 13.5. The Labute approximate surface area is 278 Å². The number of nitrogens with zero attached hydrogens (tertiary/aromatic N) is 1. The molecule has 0 bridgehead atoms. The minimum Gasteiger partial charge on any atom is -0.378 e. The molecule has 44 heavy (non-hydrogen) atoms. The van der Waals surface area contributed by atoms with Crippen molar-refractivity contribution in [2.75, 3.05) is 27.2 Å². The van der Waals surface area contributed by atoms with E-state index in [0.717, 1.165) is 6.61 Å². The molecule has 1 unspecified atom stereocenters. The van der Waals surface area contributed by atoms with Crippen molar-refractivity contribution in [3.05, 3.63) is 48.6 Å². The Kier molecular flexibility index (Phi) is 37.1. The highest BCUT2D eigenvalue weighted by molar-refractivity contribution is 5.02. The topological polar surface area (TPSA) is 12.5 Å². The third kappa shape index (κ3) is 37.1. The number of hydrogen-bond donors (Lipinski definition) is 0. The van der Waals surface area contributed by atoms with Gasteiger partial charge in [0.2, 0.25) is 0 Å². The largest absolute Gasteiger partial charge is 0.378 e. The van der Waals surface area contributed by atoms with Crippen LogP contribution in [-0.2, 0) is 4.74 Å². The monoisotopic (exact) mass is 614 g/mol. The van der Waals surface area contributed by atoms with Crippen LogP contribution in [0.2, 0.25) is 0 Å². The van der Waals surface area contributed by atoms with E-state index in [0.29, 0.717) is 6.10 Å². The molecule has 0 aromatic rings. The fourth-order valence-electron chi connectivity index (χ4n) is 5.67. The average Bonchev–Trinajstić information content (AvgIpc) is 3.02. The Balaban J connectivity index is 3.90. The zero-order chi connectivity index (χ0) is 32.0. The van der Waals surface area contributed by atoms with Gasteiger partial charge in [0.25, 0.3) is 0 Å². The first-order valence-corrected chi connectivity index (χ1v) is 19.6. The Bertz CT molecular complexity index is 646. The van der Waals surface area contributed by atoms with Crippen LogP contribution in [0.4, 0.5) is 0 Å². The SMILES string of the molecule is CCCCC/C=C/C=C/CCCCCCCCC(CCCCCCCC/C=C/C=C/CCCCCC)OCCCCN(C)C. The summed E-state index contributed by atoms with van der Waals surface area (Å²) in [7, 11) is 4.33. The molecule has 0 aliphatic carbocycles. The van der Waals surface area contributed by atoms with E-state index < -0.39 is 0 Å². The second-order valence-corrected chi connectivity index (χ2v) is 13.5. The maximum Gasteiger partial charge on any atom is 0.0575 e. The van der Waals surface area contributed by atoms with Gasteiger partial charge in [-0.3, -0.25) is 0 Å². The molecule has 0 aliphatic rings. The number of rotatable bonds is 35. The van der Waals surface area contributed by atoms with Crippen molar-refractivity contribution in [2.45, 2.75) is 193 Å². The summed E-state index contributed by atoms with van der Waals surface area (Å²) in [5.74, 6) is 0. The smallest absolute Gasteiger partial charge is 0.0575 e. The van der Waals surface area contributed by atoms with Crippen molar-refractivity contribution >= 4 is 0 Å². The zero-order valence-corrected chi connectivity index (χ0v) is 30.6. The van der Waals surface area contributed by atoms with Crippen LogP contribution in [0.1, 0.15) is 187 Å². The van der Waals surface area contributed by atoms with Crippen molar-refractivity contribution < 1.29 is 4.74 Å². The van der Waals surface area contributed by atoms with Gasteiger partial charge in [0.05, 0.1) is 6.10 Å². The van der Waals surface area contributed by atoms with Crippen LogP contribution >= 0.6 is 0 Å².